The number of carboxylic acid groups (broad SMARTS) is 1. The fourth-order valence-electron chi connectivity index (χ4n) is 3.30. The summed E-state index contributed by atoms with van der Waals surface area (Å²) in [4.78, 5) is 21.9. The number of aliphatic carboxylic acids is 1. The van der Waals surface area contributed by atoms with E-state index < -0.39 is 23.5 Å². The van der Waals surface area contributed by atoms with Crippen LogP contribution in [0.5, 0.6) is 0 Å². The first kappa shape index (κ1) is 24.6. The summed E-state index contributed by atoms with van der Waals surface area (Å²) in [5.74, 6) is -1.62. The number of hydrogen-bond donors (Lipinski definition) is 1. The van der Waals surface area contributed by atoms with Crippen molar-refractivity contribution < 1.29 is 27.5 Å². The van der Waals surface area contributed by atoms with E-state index in [1.54, 1.807) is 11.8 Å². The van der Waals surface area contributed by atoms with Gasteiger partial charge in [0.1, 0.15) is 10.8 Å². The third kappa shape index (κ3) is 5.26. The first-order valence-corrected chi connectivity index (χ1v) is 12.7. The van der Waals surface area contributed by atoms with E-state index >= 15 is 0 Å². The summed E-state index contributed by atoms with van der Waals surface area (Å²) >= 11 is 4.37. The van der Waals surface area contributed by atoms with Crippen molar-refractivity contribution in [2.45, 2.75) is 43.5 Å². The van der Waals surface area contributed by atoms with E-state index in [1.165, 1.54) is 28.7 Å². The first-order valence-electron chi connectivity index (χ1n) is 10.1. The van der Waals surface area contributed by atoms with Crippen molar-refractivity contribution in [3.8, 4) is 10.6 Å². The van der Waals surface area contributed by atoms with E-state index in [1.807, 2.05) is 26.0 Å². The maximum absolute atomic E-state index is 14.0. The number of thioether (sulfide) groups is 1. The molecule has 4 aromatic rings. The van der Waals surface area contributed by atoms with Gasteiger partial charge in [-0.1, -0.05) is 12.1 Å². The second-order valence-electron chi connectivity index (χ2n) is 7.57. The first-order chi connectivity index (χ1) is 16.0. The van der Waals surface area contributed by atoms with Crippen LogP contribution in [0.4, 0.5) is 17.6 Å². The number of aromatic nitrogens is 2. The lowest BCUT2D eigenvalue weighted by atomic mass is 10.1. The average Bonchev–Trinajstić information content (AvgIpc) is 3.35. The van der Waals surface area contributed by atoms with Crippen molar-refractivity contribution in [3.05, 3.63) is 62.9 Å². The topological polar surface area (TPSA) is 63.1 Å². The lowest BCUT2D eigenvalue weighted by Gasteiger charge is -2.08. The summed E-state index contributed by atoms with van der Waals surface area (Å²) < 4.78 is 53.6. The Morgan fingerprint density at radius 1 is 1.12 bits per heavy atom. The van der Waals surface area contributed by atoms with Gasteiger partial charge in [-0.05, 0) is 37.6 Å². The van der Waals surface area contributed by atoms with Crippen LogP contribution in [0.25, 0.3) is 20.8 Å². The molecule has 0 spiro atoms. The summed E-state index contributed by atoms with van der Waals surface area (Å²) in [7, 11) is 0. The van der Waals surface area contributed by atoms with Crippen LogP contribution in [0.1, 0.15) is 33.1 Å². The van der Waals surface area contributed by atoms with Crippen LogP contribution in [-0.2, 0) is 23.1 Å². The molecule has 4 nitrogen and oxygen atoms in total. The minimum absolute atomic E-state index is 0.0225. The van der Waals surface area contributed by atoms with Gasteiger partial charge in [0, 0.05) is 27.5 Å². The van der Waals surface area contributed by atoms with E-state index in [2.05, 4.69) is 9.97 Å². The smallest absolute Gasteiger partial charge is 0.419 e. The highest BCUT2D eigenvalue weighted by atomic mass is 32.2. The molecule has 34 heavy (non-hydrogen) atoms. The molecule has 0 bridgehead atoms. The molecule has 2 aromatic carbocycles. The van der Waals surface area contributed by atoms with Gasteiger partial charge in [0.05, 0.1) is 32.9 Å². The zero-order chi connectivity index (χ0) is 24.6. The highest BCUT2D eigenvalue weighted by Crippen LogP contribution is 2.39. The summed E-state index contributed by atoms with van der Waals surface area (Å²) in [5, 5.41) is 10.2. The molecule has 4 rings (SSSR count). The molecule has 1 N–H and O–H groups in total. The molecular formula is C23H18F4N2O2S3. The lowest BCUT2D eigenvalue weighted by molar-refractivity contribution is -0.140. The average molecular weight is 527 g/mol. The van der Waals surface area contributed by atoms with E-state index in [0.717, 1.165) is 48.4 Å². The van der Waals surface area contributed by atoms with Crippen LogP contribution < -0.4 is 0 Å². The second kappa shape index (κ2) is 9.63. The molecule has 0 saturated heterocycles. The predicted molar refractivity (Wildman–Crippen MR) is 127 cm³/mol. The zero-order valence-corrected chi connectivity index (χ0v) is 20.4. The number of fused-ring (bicyclic) bond motifs is 1. The molecule has 0 radical (unpaired) electrons. The van der Waals surface area contributed by atoms with Crippen LogP contribution in [-0.4, -0.2) is 21.0 Å². The Kier molecular flexibility index (Phi) is 6.97. The van der Waals surface area contributed by atoms with Crippen LogP contribution in [0.15, 0.2) is 35.2 Å². The van der Waals surface area contributed by atoms with Gasteiger partial charge in [-0.25, -0.2) is 14.4 Å². The normalized spacial score (nSPS) is 11.9. The number of nitrogens with zero attached hydrogens (tertiary/aromatic N) is 2. The largest absolute Gasteiger partial charge is 0.481 e. The van der Waals surface area contributed by atoms with Gasteiger partial charge in [0.2, 0.25) is 0 Å². The van der Waals surface area contributed by atoms with Crippen molar-refractivity contribution in [2.24, 2.45) is 0 Å². The van der Waals surface area contributed by atoms with E-state index in [4.69, 9.17) is 5.11 Å². The van der Waals surface area contributed by atoms with Gasteiger partial charge in [0.25, 0.3) is 0 Å². The second-order valence-corrected chi connectivity index (χ2v) is 10.8. The van der Waals surface area contributed by atoms with Gasteiger partial charge < -0.3 is 5.11 Å². The number of carboxylic acids is 1. The van der Waals surface area contributed by atoms with Crippen molar-refractivity contribution in [1.29, 1.82) is 0 Å². The molecule has 0 atom stereocenters. The zero-order valence-electron chi connectivity index (χ0n) is 18.0. The third-order valence-electron chi connectivity index (χ3n) is 5.07. The number of rotatable bonds is 7. The maximum Gasteiger partial charge on any atom is 0.419 e. The highest BCUT2D eigenvalue weighted by Gasteiger charge is 2.34. The van der Waals surface area contributed by atoms with Gasteiger partial charge in [0.15, 0.2) is 0 Å². The van der Waals surface area contributed by atoms with E-state index in [-0.39, 0.29) is 6.42 Å². The molecular weight excluding hydrogens is 508 g/mol. The van der Waals surface area contributed by atoms with E-state index in [9.17, 15) is 22.4 Å². The number of aryl methyl sites for hydroxylation is 3. The van der Waals surface area contributed by atoms with E-state index in [0.29, 0.717) is 22.7 Å². The minimum Gasteiger partial charge on any atom is -0.481 e. The van der Waals surface area contributed by atoms with Gasteiger partial charge in [-0.3, -0.25) is 4.79 Å². The van der Waals surface area contributed by atoms with Crippen molar-refractivity contribution >= 4 is 50.6 Å². The monoisotopic (exact) mass is 526 g/mol. The molecule has 178 valence electrons. The summed E-state index contributed by atoms with van der Waals surface area (Å²) in [5.41, 5.74) is 1.64. The Morgan fingerprint density at radius 3 is 2.56 bits per heavy atom. The third-order valence-corrected chi connectivity index (χ3v) is 8.79. The number of thiazole rings is 2. The standard InChI is InChI=1S/C23H18F4N2O2S3/c1-11-3-6-16(20-21(11)34-18(29-20)7-8-19(30)31)32-10-17-12(2)28-22(33-17)13-4-5-14(15(24)9-13)23(25,26)27/h3-6,9H,7-8,10H2,1-2H3,(H,30,31). The molecule has 0 aliphatic rings. The molecule has 0 fully saturated rings. The Hall–Kier alpha value is -2.50. The lowest BCUT2D eigenvalue weighted by Crippen LogP contribution is -2.07. The Morgan fingerprint density at radius 2 is 1.88 bits per heavy atom. The summed E-state index contributed by atoms with van der Waals surface area (Å²) in [6.07, 6.45) is -4.35. The Labute approximate surface area is 204 Å². The Balaban J connectivity index is 1.55. The maximum atomic E-state index is 14.0. The molecule has 2 heterocycles. The number of alkyl halides is 3. The van der Waals surface area contributed by atoms with Gasteiger partial charge in [-0.15, -0.1) is 34.4 Å². The summed E-state index contributed by atoms with van der Waals surface area (Å²) in [6, 6.07) is 6.82. The number of carbonyl (C=O) groups is 1. The number of halogens is 4. The van der Waals surface area contributed by atoms with Crippen molar-refractivity contribution in [3.63, 3.8) is 0 Å². The molecule has 0 saturated carbocycles. The quantitative estimate of drug-likeness (QED) is 0.200. The molecule has 11 heteroatoms. The molecule has 0 aliphatic carbocycles. The SMILES string of the molecule is Cc1nc(-c2ccc(C(F)(F)F)c(F)c2)sc1CSc1ccc(C)c2sc(CCC(=O)O)nc12. The van der Waals surface area contributed by atoms with Crippen LogP contribution in [0, 0.1) is 19.7 Å². The fraction of sp³-hybridized carbons (Fsp3) is 0.261. The minimum atomic E-state index is -4.74. The highest BCUT2D eigenvalue weighted by molar-refractivity contribution is 7.98. The van der Waals surface area contributed by atoms with Crippen molar-refractivity contribution in [1.82, 2.24) is 9.97 Å². The number of benzene rings is 2. The van der Waals surface area contributed by atoms with Crippen LogP contribution >= 0.6 is 34.4 Å². The Bertz CT molecular complexity index is 1380. The summed E-state index contributed by atoms with van der Waals surface area (Å²) in [6.45, 7) is 3.80. The predicted octanol–water partition coefficient (Wildman–Crippen LogP) is 7.50. The fourth-order valence-corrected chi connectivity index (χ4v) is 6.63. The number of hydrogen-bond acceptors (Lipinski definition) is 6. The molecule has 0 unspecified atom stereocenters. The molecule has 0 aliphatic heterocycles. The van der Waals surface area contributed by atoms with Crippen LogP contribution in [0.2, 0.25) is 0 Å². The van der Waals surface area contributed by atoms with Crippen LogP contribution in [0.3, 0.4) is 0 Å². The molecule has 2 aromatic heterocycles. The van der Waals surface area contributed by atoms with Gasteiger partial charge >= 0.3 is 12.1 Å². The van der Waals surface area contributed by atoms with Crippen molar-refractivity contribution in [2.75, 3.05) is 0 Å². The van der Waals surface area contributed by atoms with Gasteiger partial charge in [-0.2, -0.15) is 13.2 Å². The molecule has 0 amide bonds.